The van der Waals surface area contributed by atoms with Crippen molar-refractivity contribution >= 4 is 23.1 Å². The lowest BCUT2D eigenvalue weighted by Gasteiger charge is -2.25. The Kier molecular flexibility index (Phi) is 6.45. The van der Waals surface area contributed by atoms with Crippen LogP contribution in [0.4, 0.5) is 14.5 Å². The van der Waals surface area contributed by atoms with E-state index in [9.17, 15) is 23.5 Å². The van der Waals surface area contributed by atoms with E-state index in [1.54, 1.807) is 42.5 Å². The van der Waals surface area contributed by atoms with Gasteiger partial charge in [0.1, 0.15) is 11.5 Å². The Labute approximate surface area is 195 Å². The van der Waals surface area contributed by atoms with Crippen LogP contribution in [0.3, 0.4) is 0 Å². The highest BCUT2D eigenvalue weighted by atomic mass is 19.2. The molecule has 0 saturated carbocycles. The number of ether oxygens (including phenoxy) is 1. The molecule has 0 bridgehead atoms. The number of hydrogen-bond donors (Lipinski definition) is 1. The molecule has 174 valence electrons. The predicted octanol–water partition coefficient (Wildman–Crippen LogP) is 5.69. The molecule has 1 unspecified atom stereocenters. The van der Waals surface area contributed by atoms with E-state index >= 15 is 0 Å². The van der Waals surface area contributed by atoms with E-state index in [-0.39, 0.29) is 17.0 Å². The van der Waals surface area contributed by atoms with Crippen molar-refractivity contribution in [1.82, 2.24) is 0 Å². The minimum Gasteiger partial charge on any atom is -0.507 e. The van der Waals surface area contributed by atoms with Crippen LogP contribution < -0.4 is 9.64 Å². The van der Waals surface area contributed by atoms with Crippen molar-refractivity contribution in [1.29, 1.82) is 0 Å². The summed E-state index contributed by atoms with van der Waals surface area (Å²) in [5.41, 5.74) is 1.61. The molecule has 1 aliphatic rings. The maximum absolute atomic E-state index is 14.0. The molecule has 1 aliphatic heterocycles. The summed E-state index contributed by atoms with van der Waals surface area (Å²) in [6.45, 7) is 4.37. The van der Waals surface area contributed by atoms with Gasteiger partial charge < -0.3 is 9.84 Å². The number of aliphatic hydroxyl groups is 1. The number of ketones is 1. The lowest BCUT2D eigenvalue weighted by Crippen LogP contribution is -2.29. The lowest BCUT2D eigenvalue weighted by atomic mass is 9.94. The van der Waals surface area contributed by atoms with E-state index in [4.69, 9.17) is 4.74 Å². The Morgan fingerprint density at radius 1 is 1.00 bits per heavy atom. The predicted molar refractivity (Wildman–Crippen MR) is 125 cm³/mol. The lowest BCUT2D eigenvalue weighted by molar-refractivity contribution is -0.132. The normalized spacial score (nSPS) is 17.3. The van der Waals surface area contributed by atoms with Gasteiger partial charge in [-0.25, -0.2) is 8.78 Å². The fourth-order valence-electron chi connectivity index (χ4n) is 3.97. The van der Waals surface area contributed by atoms with Gasteiger partial charge >= 0.3 is 0 Å². The van der Waals surface area contributed by atoms with Crippen LogP contribution in [-0.2, 0) is 9.59 Å². The van der Waals surface area contributed by atoms with E-state index < -0.39 is 29.4 Å². The molecule has 3 aromatic rings. The van der Waals surface area contributed by atoms with Gasteiger partial charge in [-0.05, 0) is 55.3 Å². The molecule has 0 spiro atoms. The van der Waals surface area contributed by atoms with Gasteiger partial charge in [-0.3, -0.25) is 14.5 Å². The average Bonchev–Trinajstić information content (AvgIpc) is 3.10. The van der Waals surface area contributed by atoms with Crippen molar-refractivity contribution in [2.24, 2.45) is 0 Å². The fraction of sp³-hybridized carbons (Fsp3) is 0.185. The molecular weight excluding hydrogens is 440 g/mol. The molecule has 1 N–H and O–H groups in total. The molecule has 1 fully saturated rings. The average molecular weight is 463 g/mol. The molecule has 1 amide bonds. The van der Waals surface area contributed by atoms with Crippen molar-refractivity contribution < 1.29 is 28.2 Å². The number of aliphatic hydroxyl groups excluding tert-OH is 1. The number of anilines is 1. The summed E-state index contributed by atoms with van der Waals surface area (Å²) in [6.07, 6.45) is 0.839. The summed E-state index contributed by atoms with van der Waals surface area (Å²) < 4.78 is 33.2. The van der Waals surface area contributed by atoms with Crippen LogP contribution in [-0.4, -0.2) is 23.4 Å². The zero-order valence-corrected chi connectivity index (χ0v) is 18.7. The van der Waals surface area contributed by atoms with Gasteiger partial charge in [0, 0.05) is 17.3 Å². The van der Waals surface area contributed by atoms with Gasteiger partial charge in [-0.15, -0.1) is 0 Å². The third-order valence-electron chi connectivity index (χ3n) is 5.58. The minimum atomic E-state index is -1.15. The van der Waals surface area contributed by atoms with E-state index in [0.717, 1.165) is 29.0 Å². The third kappa shape index (κ3) is 4.29. The summed E-state index contributed by atoms with van der Waals surface area (Å²) in [4.78, 5) is 27.3. The Balaban J connectivity index is 1.87. The van der Waals surface area contributed by atoms with Crippen molar-refractivity contribution in [2.45, 2.75) is 26.3 Å². The van der Waals surface area contributed by atoms with Crippen LogP contribution in [0.5, 0.6) is 5.75 Å². The quantitative estimate of drug-likeness (QED) is 0.290. The van der Waals surface area contributed by atoms with Crippen molar-refractivity contribution in [2.75, 3.05) is 11.5 Å². The first kappa shape index (κ1) is 23.2. The van der Waals surface area contributed by atoms with Gasteiger partial charge in [-0.1, -0.05) is 36.8 Å². The summed E-state index contributed by atoms with van der Waals surface area (Å²) in [5.74, 6) is -3.84. The Morgan fingerprint density at radius 3 is 2.38 bits per heavy atom. The van der Waals surface area contributed by atoms with Crippen LogP contribution in [0.15, 0.2) is 72.3 Å². The first-order chi connectivity index (χ1) is 16.3. The molecule has 5 nitrogen and oxygen atoms in total. The molecule has 7 heteroatoms. The molecule has 3 aromatic carbocycles. The monoisotopic (exact) mass is 463 g/mol. The van der Waals surface area contributed by atoms with Gasteiger partial charge in [0.05, 0.1) is 18.2 Å². The molecule has 0 aromatic heterocycles. The van der Waals surface area contributed by atoms with Crippen molar-refractivity contribution in [3.63, 3.8) is 0 Å². The molecule has 1 heterocycles. The number of hydrogen-bond acceptors (Lipinski definition) is 4. The highest BCUT2D eigenvalue weighted by molar-refractivity contribution is 6.51. The number of nitrogens with zero attached hydrogens (tertiary/aromatic N) is 1. The summed E-state index contributed by atoms with van der Waals surface area (Å²) in [5, 5.41) is 11.1. The standard InChI is InChI=1S/C27H23F2NO4/c1-3-13-34-20-10-7-17(8-11-20)25(31)23-24(18-6-4-5-16(2)14-18)30(27(33)26(23)32)19-9-12-21(28)22(29)15-19/h4-12,14-15,24,31H,3,13H2,1-2H3/b25-23+. The molecule has 1 atom stereocenters. The van der Waals surface area contributed by atoms with Gasteiger partial charge in [0.15, 0.2) is 11.6 Å². The largest absolute Gasteiger partial charge is 0.507 e. The Bertz CT molecular complexity index is 1280. The van der Waals surface area contributed by atoms with Crippen LogP contribution in [0.1, 0.15) is 36.1 Å². The number of Topliss-reactive ketones (excluding diaryl/α,β-unsaturated/α-hetero) is 1. The maximum Gasteiger partial charge on any atom is 0.300 e. The topological polar surface area (TPSA) is 66.8 Å². The number of halogens is 2. The highest BCUT2D eigenvalue weighted by Gasteiger charge is 2.47. The smallest absolute Gasteiger partial charge is 0.300 e. The van der Waals surface area contributed by atoms with Crippen LogP contribution in [0, 0.1) is 18.6 Å². The molecule has 0 aliphatic carbocycles. The number of amides is 1. The Hall–Kier alpha value is -4.00. The Morgan fingerprint density at radius 2 is 1.74 bits per heavy atom. The number of rotatable bonds is 6. The molecule has 0 radical (unpaired) electrons. The van der Waals surface area contributed by atoms with Crippen LogP contribution >= 0.6 is 0 Å². The van der Waals surface area contributed by atoms with E-state index in [0.29, 0.717) is 23.5 Å². The van der Waals surface area contributed by atoms with Gasteiger partial charge in [0.25, 0.3) is 11.7 Å². The van der Waals surface area contributed by atoms with Crippen LogP contribution in [0.25, 0.3) is 5.76 Å². The number of benzene rings is 3. The third-order valence-corrected chi connectivity index (χ3v) is 5.58. The van der Waals surface area contributed by atoms with Crippen molar-refractivity contribution in [3.05, 3.63) is 101 Å². The summed E-state index contributed by atoms with van der Waals surface area (Å²) in [7, 11) is 0. The molecular formula is C27H23F2NO4. The second-order valence-electron chi connectivity index (χ2n) is 8.05. The van der Waals surface area contributed by atoms with E-state index in [1.165, 1.54) is 6.07 Å². The van der Waals surface area contributed by atoms with E-state index in [1.807, 2.05) is 19.9 Å². The molecule has 1 saturated heterocycles. The number of carbonyl (C=O) groups is 2. The minimum absolute atomic E-state index is 0.00914. The number of carbonyl (C=O) groups excluding carboxylic acids is 2. The maximum atomic E-state index is 14.0. The van der Waals surface area contributed by atoms with Crippen LogP contribution in [0.2, 0.25) is 0 Å². The van der Waals surface area contributed by atoms with Crippen molar-refractivity contribution in [3.8, 4) is 5.75 Å². The SMILES string of the molecule is CCCOc1ccc(/C(O)=C2\C(=O)C(=O)N(c3ccc(F)c(F)c3)C2c2cccc(C)c2)cc1. The second-order valence-corrected chi connectivity index (χ2v) is 8.05. The zero-order valence-electron chi connectivity index (χ0n) is 18.7. The number of aryl methyl sites for hydroxylation is 1. The molecule has 4 rings (SSSR count). The summed E-state index contributed by atoms with van der Waals surface area (Å²) >= 11 is 0. The summed E-state index contributed by atoms with van der Waals surface area (Å²) in [6, 6.07) is 15.6. The molecule has 34 heavy (non-hydrogen) atoms. The van der Waals surface area contributed by atoms with E-state index in [2.05, 4.69) is 0 Å². The fourth-order valence-corrected chi connectivity index (χ4v) is 3.97. The first-order valence-corrected chi connectivity index (χ1v) is 10.9. The zero-order chi connectivity index (χ0) is 24.4. The highest BCUT2D eigenvalue weighted by Crippen LogP contribution is 2.42. The van der Waals surface area contributed by atoms with Gasteiger partial charge in [0.2, 0.25) is 0 Å². The first-order valence-electron chi connectivity index (χ1n) is 10.9. The second kappa shape index (κ2) is 9.47. The van der Waals surface area contributed by atoms with Gasteiger partial charge in [-0.2, -0.15) is 0 Å².